The van der Waals surface area contributed by atoms with E-state index in [4.69, 9.17) is 0 Å². The number of nitrogens with one attached hydrogen (secondary N) is 1. The molecule has 4 nitrogen and oxygen atoms in total. The van der Waals surface area contributed by atoms with Crippen LogP contribution in [0.25, 0.3) is 0 Å². The van der Waals surface area contributed by atoms with Gasteiger partial charge in [-0.15, -0.1) is 10.2 Å². The number of benzene rings is 1. The number of hydrogen-bond acceptors (Lipinski definition) is 5. The van der Waals surface area contributed by atoms with E-state index >= 15 is 0 Å². The zero-order chi connectivity index (χ0) is 15.9. The first-order valence-corrected chi connectivity index (χ1v) is 9.18. The minimum absolute atomic E-state index is 0.00983. The number of nitrogens with zero attached hydrogens (tertiary/aromatic N) is 2. The third kappa shape index (κ3) is 5.42. The van der Waals surface area contributed by atoms with Crippen LogP contribution in [0.2, 0.25) is 0 Å². The quantitative estimate of drug-likeness (QED) is 0.784. The summed E-state index contributed by atoms with van der Waals surface area (Å²) < 4.78 is 0.820. The summed E-state index contributed by atoms with van der Waals surface area (Å²) in [6, 6.07) is 8.50. The van der Waals surface area contributed by atoms with Crippen molar-refractivity contribution in [3.63, 3.8) is 0 Å². The molecule has 1 atom stereocenters. The zero-order valence-corrected chi connectivity index (χ0v) is 14.7. The van der Waals surface area contributed by atoms with E-state index in [2.05, 4.69) is 53.6 Å². The molecule has 0 saturated carbocycles. The van der Waals surface area contributed by atoms with E-state index in [-0.39, 0.29) is 11.9 Å². The Morgan fingerprint density at radius 3 is 2.59 bits per heavy atom. The summed E-state index contributed by atoms with van der Waals surface area (Å²) in [6.45, 7) is 6.43. The Labute approximate surface area is 139 Å². The lowest BCUT2D eigenvalue weighted by molar-refractivity contribution is -0.119. The number of amides is 1. The molecule has 1 aromatic carbocycles. The first kappa shape index (κ1) is 17.0. The summed E-state index contributed by atoms with van der Waals surface area (Å²) in [7, 11) is 0. The van der Waals surface area contributed by atoms with Crippen molar-refractivity contribution < 1.29 is 4.79 Å². The van der Waals surface area contributed by atoms with Gasteiger partial charge < -0.3 is 5.32 Å². The van der Waals surface area contributed by atoms with E-state index in [0.29, 0.717) is 11.7 Å². The van der Waals surface area contributed by atoms with Gasteiger partial charge in [0, 0.05) is 0 Å². The predicted octanol–water partition coefficient (Wildman–Crippen LogP) is 3.71. The highest BCUT2D eigenvalue weighted by Gasteiger charge is 2.11. The van der Waals surface area contributed by atoms with Gasteiger partial charge in [-0.05, 0) is 30.4 Å². The molecule has 0 aliphatic carbocycles. The number of hydrogen-bond donors (Lipinski definition) is 1. The lowest BCUT2D eigenvalue weighted by Crippen LogP contribution is -2.28. The van der Waals surface area contributed by atoms with Crippen LogP contribution in [0, 0.1) is 5.92 Å². The highest BCUT2D eigenvalue weighted by molar-refractivity contribution is 8.01. The van der Waals surface area contributed by atoms with Crippen molar-refractivity contribution in [2.24, 2.45) is 5.92 Å². The van der Waals surface area contributed by atoms with Gasteiger partial charge >= 0.3 is 0 Å². The fourth-order valence-electron chi connectivity index (χ4n) is 2.13. The van der Waals surface area contributed by atoms with Crippen LogP contribution in [0.1, 0.15) is 37.9 Å². The van der Waals surface area contributed by atoms with Crippen LogP contribution >= 0.6 is 23.1 Å². The minimum Gasteiger partial charge on any atom is -0.349 e. The number of carbonyl (C=O) groups excluding carboxylic acids is 1. The summed E-state index contributed by atoms with van der Waals surface area (Å²) in [5, 5.41) is 10.7. The van der Waals surface area contributed by atoms with Gasteiger partial charge in [0.05, 0.1) is 11.8 Å². The van der Waals surface area contributed by atoms with Crippen molar-refractivity contribution in [1.82, 2.24) is 15.5 Å². The van der Waals surface area contributed by atoms with E-state index in [9.17, 15) is 4.79 Å². The van der Waals surface area contributed by atoms with Crippen LogP contribution in [0.3, 0.4) is 0 Å². The van der Waals surface area contributed by atoms with Gasteiger partial charge in [-0.1, -0.05) is 61.2 Å². The molecule has 0 saturated heterocycles. The summed E-state index contributed by atoms with van der Waals surface area (Å²) in [6.07, 6.45) is 1.08. The Morgan fingerprint density at radius 2 is 2.00 bits per heavy atom. The SMILES string of the molecule is CC(C)Cc1ccc([C@H](C)NC(=O)CSc2nncs2)cc1. The van der Waals surface area contributed by atoms with Crippen LogP contribution in [0.5, 0.6) is 0 Å². The van der Waals surface area contributed by atoms with Crippen molar-refractivity contribution in [2.75, 3.05) is 5.75 Å². The monoisotopic (exact) mass is 335 g/mol. The average Bonchev–Trinajstić information content (AvgIpc) is 2.98. The van der Waals surface area contributed by atoms with Gasteiger partial charge in [0.25, 0.3) is 0 Å². The molecule has 2 aromatic rings. The van der Waals surface area contributed by atoms with Crippen molar-refractivity contribution in [3.05, 3.63) is 40.9 Å². The second-order valence-electron chi connectivity index (χ2n) is 5.62. The molecule has 0 aliphatic rings. The number of rotatable bonds is 7. The Bertz CT molecular complexity index is 582. The van der Waals surface area contributed by atoms with Gasteiger partial charge in [0.2, 0.25) is 5.91 Å². The molecule has 0 aliphatic heterocycles. The van der Waals surface area contributed by atoms with Crippen molar-refractivity contribution in [3.8, 4) is 0 Å². The highest BCUT2D eigenvalue weighted by Crippen LogP contribution is 2.19. The Hall–Kier alpha value is -1.40. The molecule has 2 rings (SSSR count). The van der Waals surface area contributed by atoms with Crippen LogP contribution < -0.4 is 5.32 Å². The Kier molecular flexibility index (Phi) is 6.39. The third-order valence-corrected chi connectivity index (χ3v) is 5.03. The topological polar surface area (TPSA) is 54.9 Å². The molecule has 0 bridgehead atoms. The normalized spacial score (nSPS) is 12.4. The fraction of sp³-hybridized carbons (Fsp3) is 0.438. The first-order valence-electron chi connectivity index (χ1n) is 7.31. The molecule has 0 radical (unpaired) electrons. The van der Waals surface area contributed by atoms with Crippen molar-refractivity contribution in [1.29, 1.82) is 0 Å². The summed E-state index contributed by atoms with van der Waals surface area (Å²) in [4.78, 5) is 12.0. The number of aromatic nitrogens is 2. The van der Waals surface area contributed by atoms with Gasteiger partial charge in [-0.25, -0.2) is 0 Å². The molecule has 6 heteroatoms. The first-order chi connectivity index (χ1) is 10.5. The maximum Gasteiger partial charge on any atom is 0.230 e. The fourth-order valence-corrected chi connectivity index (χ4v) is 3.43. The summed E-state index contributed by atoms with van der Waals surface area (Å²) >= 11 is 2.86. The molecule has 1 aromatic heterocycles. The third-order valence-electron chi connectivity index (χ3n) is 3.17. The number of thioether (sulfide) groups is 1. The van der Waals surface area contributed by atoms with E-state index in [1.165, 1.54) is 28.7 Å². The summed E-state index contributed by atoms with van der Waals surface area (Å²) in [5.74, 6) is 1.03. The van der Waals surface area contributed by atoms with Gasteiger partial charge in [-0.2, -0.15) is 0 Å². The molecular weight excluding hydrogens is 314 g/mol. The Balaban J connectivity index is 1.83. The molecule has 0 spiro atoms. The van der Waals surface area contributed by atoms with E-state index in [0.717, 1.165) is 16.3 Å². The molecule has 118 valence electrons. The van der Waals surface area contributed by atoms with E-state index in [1.807, 2.05) is 6.92 Å². The molecule has 22 heavy (non-hydrogen) atoms. The van der Waals surface area contributed by atoms with Crippen molar-refractivity contribution >= 4 is 29.0 Å². The molecular formula is C16H21N3OS2. The molecule has 0 unspecified atom stereocenters. The number of carbonyl (C=O) groups is 1. The van der Waals surface area contributed by atoms with Crippen LogP contribution in [0.15, 0.2) is 34.1 Å². The van der Waals surface area contributed by atoms with E-state index < -0.39 is 0 Å². The summed E-state index contributed by atoms with van der Waals surface area (Å²) in [5.41, 5.74) is 4.13. The van der Waals surface area contributed by atoms with Crippen LogP contribution in [0.4, 0.5) is 0 Å². The second kappa shape index (κ2) is 8.29. The van der Waals surface area contributed by atoms with Crippen LogP contribution in [-0.2, 0) is 11.2 Å². The lowest BCUT2D eigenvalue weighted by Gasteiger charge is -2.15. The molecule has 1 heterocycles. The van der Waals surface area contributed by atoms with Crippen molar-refractivity contribution in [2.45, 2.75) is 37.6 Å². The molecule has 1 N–H and O–H groups in total. The van der Waals surface area contributed by atoms with Gasteiger partial charge in [0.15, 0.2) is 4.34 Å². The largest absolute Gasteiger partial charge is 0.349 e. The Morgan fingerprint density at radius 1 is 1.27 bits per heavy atom. The highest BCUT2D eigenvalue weighted by atomic mass is 32.2. The predicted molar refractivity (Wildman–Crippen MR) is 92.2 cm³/mol. The van der Waals surface area contributed by atoms with Gasteiger partial charge in [0.1, 0.15) is 5.51 Å². The average molecular weight is 335 g/mol. The minimum atomic E-state index is 0.00983. The maximum atomic E-state index is 12.0. The van der Waals surface area contributed by atoms with E-state index in [1.54, 1.807) is 5.51 Å². The lowest BCUT2D eigenvalue weighted by atomic mass is 10.00. The smallest absolute Gasteiger partial charge is 0.230 e. The van der Waals surface area contributed by atoms with Crippen LogP contribution in [-0.4, -0.2) is 21.9 Å². The van der Waals surface area contributed by atoms with Gasteiger partial charge in [-0.3, -0.25) is 4.79 Å². The zero-order valence-electron chi connectivity index (χ0n) is 13.1. The molecule has 1 amide bonds. The standard InChI is InChI=1S/C16H21N3OS2/c1-11(2)8-13-4-6-14(7-5-13)12(3)18-15(20)9-21-16-19-17-10-22-16/h4-7,10-12H,8-9H2,1-3H3,(H,18,20)/t12-/m0/s1. The maximum absolute atomic E-state index is 12.0. The second-order valence-corrected chi connectivity index (χ2v) is 7.68. The molecule has 0 fully saturated rings.